The number of unbranched alkanes of at least 4 members (excludes halogenated alkanes) is 5. The minimum atomic E-state index is -0.962. The molecule has 0 N–H and O–H groups in total. The average Bonchev–Trinajstić information content (AvgIpc) is 2.35. The lowest BCUT2D eigenvalue weighted by Gasteiger charge is -2.14. The summed E-state index contributed by atoms with van der Waals surface area (Å²) in [5, 5.41) is 0. The molecule has 0 unspecified atom stereocenters. The number of hydrogen-bond acceptors (Lipinski definition) is 2. The highest BCUT2D eigenvalue weighted by Gasteiger charge is 2.14. The normalized spacial score (nSPS) is 11.3. The van der Waals surface area contributed by atoms with Crippen LogP contribution in [0.3, 0.4) is 0 Å². The molecule has 0 amide bonds. The van der Waals surface area contributed by atoms with Gasteiger partial charge in [0.05, 0.1) is 0 Å². The Kier molecular flexibility index (Phi) is 14.3. The summed E-state index contributed by atoms with van der Waals surface area (Å²) in [6.45, 7) is 8.31. The summed E-state index contributed by atoms with van der Waals surface area (Å²) < 4.78 is 11.6. The summed E-state index contributed by atoms with van der Waals surface area (Å²) in [5.41, 5.74) is 0. The van der Waals surface area contributed by atoms with Crippen molar-refractivity contribution in [1.82, 2.24) is 0 Å². The Morgan fingerprint density at radius 1 is 0.647 bits per heavy atom. The molecule has 0 aliphatic rings. The highest BCUT2D eigenvalue weighted by atomic mass is 28.3. The molecule has 1 radical (unpaired) electrons. The first kappa shape index (κ1) is 17.1. The summed E-state index contributed by atoms with van der Waals surface area (Å²) >= 11 is 0. The van der Waals surface area contributed by atoms with Crippen LogP contribution in [0.2, 0.25) is 6.04 Å². The van der Waals surface area contributed by atoms with E-state index in [-0.39, 0.29) is 0 Å². The Morgan fingerprint density at radius 3 is 1.71 bits per heavy atom. The largest absolute Gasteiger partial charge is 0.393 e. The third kappa shape index (κ3) is 12.4. The van der Waals surface area contributed by atoms with Crippen LogP contribution in [-0.4, -0.2) is 22.5 Å². The summed E-state index contributed by atoms with van der Waals surface area (Å²) in [5.74, 6) is 0. The van der Waals surface area contributed by atoms with Crippen molar-refractivity contribution in [3.63, 3.8) is 0 Å². The second-order valence-corrected chi connectivity index (χ2v) is 6.41. The van der Waals surface area contributed by atoms with Gasteiger partial charge in [-0.2, -0.15) is 0 Å². The maximum atomic E-state index is 5.80. The van der Waals surface area contributed by atoms with E-state index < -0.39 is 9.28 Å². The van der Waals surface area contributed by atoms with Crippen LogP contribution in [0.1, 0.15) is 72.1 Å². The van der Waals surface area contributed by atoms with Gasteiger partial charge in [0.2, 0.25) is 0 Å². The van der Waals surface area contributed by atoms with E-state index in [9.17, 15) is 0 Å². The Balaban J connectivity index is 3.45. The standard InChI is InChI=1S/C14H31O2Si/c1-4-7-8-9-10-11-14-17(15-12-5-2)16-13-6-3/h4-14H2,1-3H3. The lowest BCUT2D eigenvalue weighted by atomic mass is 10.1. The zero-order valence-corrected chi connectivity index (χ0v) is 13.1. The van der Waals surface area contributed by atoms with Crippen molar-refractivity contribution >= 4 is 9.28 Å². The lowest BCUT2D eigenvalue weighted by molar-refractivity contribution is 0.195. The molecule has 0 spiro atoms. The van der Waals surface area contributed by atoms with Gasteiger partial charge in [-0.3, -0.25) is 0 Å². The Hall–Kier alpha value is 0.137. The Bertz CT molecular complexity index is 134. The molecule has 0 rings (SSSR count). The van der Waals surface area contributed by atoms with E-state index in [0.717, 1.165) is 32.1 Å². The number of rotatable bonds is 13. The fourth-order valence-corrected chi connectivity index (χ4v) is 3.44. The van der Waals surface area contributed by atoms with E-state index in [2.05, 4.69) is 20.8 Å². The molecule has 3 heteroatoms. The molecule has 0 aromatic carbocycles. The fraction of sp³-hybridized carbons (Fsp3) is 1.00. The van der Waals surface area contributed by atoms with Crippen molar-refractivity contribution in [3.8, 4) is 0 Å². The van der Waals surface area contributed by atoms with Crippen molar-refractivity contribution in [2.24, 2.45) is 0 Å². The maximum absolute atomic E-state index is 5.80. The van der Waals surface area contributed by atoms with Gasteiger partial charge in [-0.05, 0) is 18.9 Å². The molecular weight excluding hydrogens is 228 g/mol. The van der Waals surface area contributed by atoms with Crippen LogP contribution in [0.4, 0.5) is 0 Å². The highest BCUT2D eigenvalue weighted by Crippen LogP contribution is 2.10. The molecule has 103 valence electrons. The zero-order valence-electron chi connectivity index (χ0n) is 12.1. The van der Waals surface area contributed by atoms with Gasteiger partial charge < -0.3 is 8.85 Å². The molecule has 0 fully saturated rings. The van der Waals surface area contributed by atoms with Gasteiger partial charge >= 0.3 is 9.28 Å². The molecule has 0 bridgehead atoms. The first-order valence-corrected chi connectivity index (χ1v) is 8.98. The minimum Gasteiger partial charge on any atom is -0.393 e. The molecule has 0 aliphatic heterocycles. The molecule has 17 heavy (non-hydrogen) atoms. The summed E-state index contributed by atoms with van der Waals surface area (Å²) in [6.07, 6.45) is 10.3. The summed E-state index contributed by atoms with van der Waals surface area (Å²) in [7, 11) is -0.962. The van der Waals surface area contributed by atoms with Crippen LogP contribution in [0.25, 0.3) is 0 Å². The molecule has 0 aromatic heterocycles. The first-order chi connectivity index (χ1) is 8.35. The second-order valence-electron chi connectivity index (χ2n) is 4.59. The van der Waals surface area contributed by atoms with Gasteiger partial charge in [0.25, 0.3) is 0 Å². The van der Waals surface area contributed by atoms with Crippen LogP contribution < -0.4 is 0 Å². The highest BCUT2D eigenvalue weighted by molar-refractivity contribution is 6.44. The molecule has 2 nitrogen and oxygen atoms in total. The summed E-state index contributed by atoms with van der Waals surface area (Å²) in [6, 6.07) is 1.16. The van der Waals surface area contributed by atoms with Crippen molar-refractivity contribution in [1.29, 1.82) is 0 Å². The van der Waals surface area contributed by atoms with Crippen LogP contribution in [0.15, 0.2) is 0 Å². The van der Waals surface area contributed by atoms with Crippen molar-refractivity contribution < 1.29 is 8.85 Å². The minimum absolute atomic E-state index is 0.869. The molecule has 0 heterocycles. The molecular formula is C14H31O2Si. The SMILES string of the molecule is CCCCCCCC[Si](OCCC)OCCC. The van der Waals surface area contributed by atoms with Gasteiger partial charge in [0.1, 0.15) is 0 Å². The van der Waals surface area contributed by atoms with Gasteiger partial charge in [0.15, 0.2) is 0 Å². The molecule has 0 aliphatic carbocycles. The van der Waals surface area contributed by atoms with Crippen molar-refractivity contribution in [2.45, 2.75) is 78.2 Å². The topological polar surface area (TPSA) is 18.5 Å². The van der Waals surface area contributed by atoms with Crippen molar-refractivity contribution in [3.05, 3.63) is 0 Å². The average molecular weight is 259 g/mol. The van der Waals surface area contributed by atoms with Gasteiger partial charge in [-0.15, -0.1) is 0 Å². The fourth-order valence-electron chi connectivity index (χ4n) is 1.67. The summed E-state index contributed by atoms with van der Waals surface area (Å²) in [4.78, 5) is 0. The predicted octanol–water partition coefficient (Wildman–Crippen LogP) is 4.69. The van der Waals surface area contributed by atoms with Crippen molar-refractivity contribution in [2.75, 3.05) is 13.2 Å². The Morgan fingerprint density at radius 2 is 1.18 bits per heavy atom. The Labute approximate surface area is 110 Å². The molecule has 0 saturated carbocycles. The van der Waals surface area contributed by atoms with Crippen LogP contribution in [-0.2, 0) is 8.85 Å². The molecule has 0 aromatic rings. The van der Waals surface area contributed by atoms with Gasteiger partial charge in [-0.25, -0.2) is 0 Å². The third-order valence-corrected chi connectivity index (χ3v) is 4.48. The monoisotopic (exact) mass is 259 g/mol. The van der Waals surface area contributed by atoms with Gasteiger partial charge in [0, 0.05) is 13.2 Å². The van der Waals surface area contributed by atoms with Gasteiger partial charge in [-0.1, -0.05) is 59.3 Å². The van der Waals surface area contributed by atoms with E-state index in [1.807, 2.05) is 0 Å². The zero-order chi connectivity index (χ0) is 12.8. The smallest absolute Gasteiger partial charge is 0.384 e. The van der Waals surface area contributed by atoms with Crippen LogP contribution in [0.5, 0.6) is 0 Å². The predicted molar refractivity (Wildman–Crippen MR) is 76.4 cm³/mol. The maximum Gasteiger partial charge on any atom is 0.384 e. The van der Waals surface area contributed by atoms with E-state index in [0.29, 0.717) is 0 Å². The van der Waals surface area contributed by atoms with Crippen LogP contribution in [0, 0.1) is 0 Å². The van der Waals surface area contributed by atoms with E-state index >= 15 is 0 Å². The van der Waals surface area contributed by atoms with E-state index in [1.165, 1.54) is 38.5 Å². The number of hydrogen-bond donors (Lipinski definition) is 0. The van der Waals surface area contributed by atoms with Crippen LogP contribution >= 0.6 is 0 Å². The molecule has 0 atom stereocenters. The van der Waals surface area contributed by atoms with E-state index in [1.54, 1.807) is 0 Å². The third-order valence-electron chi connectivity index (χ3n) is 2.67. The lowest BCUT2D eigenvalue weighted by Crippen LogP contribution is -2.23. The van der Waals surface area contributed by atoms with E-state index in [4.69, 9.17) is 8.85 Å². The molecule has 0 saturated heterocycles. The second kappa shape index (κ2) is 14.2. The quantitative estimate of drug-likeness (QED) is 0.353. The first-order valence-electron chi connectivity index (χ1n) is 7.46.